The van der Waals surface area contributed by atoms with Crippen LogP contribution in [0.25, 0.3) is 21.5 Å². The van der Waals surface area contributed by atoms with E-state index in [9.17, 15) is 13.6 Å². The number of amides is 1. The summed E-state index contributed by atoms with van der Waals surface area (Å²) in [6, 6.07) is 13.0. The summed E-state index contributed by atoms with van der Waals surface area (Å²) in [4.78, 5) is 24.1. The number of benzene rings is 1. The summed E-state index contributed by atoms with van der Waals surface area (Å²) in [5, 5.41) is 2.67. The Bertz CT molecular complexity index is 1120. The molecule has 0 saturated heterocycles. The van der Waals surface area contributed by atoms with E-state index in [1.807, 2.05) is 41.8 Å². The van der Waals surface area contributed by atoms with Gasteiger partial charge in [0.15, 0.2) is 0 Å². The topological polar surface area (TPSA) is 51.0 Å². The van der Waals surface area contributed by atoms with Crippen LogP contribution in [0.5, 0.6) is 0 Å². The van der Waals surface area contributed by atoms with Crippen molar-refractivity contribution in [1.29, 1.82) is 0 Å². The van der Waals surface area contributed by atoms with Gasteiger partial charge in [-0.05, 0) is 23.6 Å². The zero-order chi connectivity index (χ0) is 19.7. The molecule has 0 aliphatic carbocycles. The zero-order valence-electron chi connectivity index (χ0n) is 14.9. The molecule has 0 aliphatic heterocycles. The second-order valence-electron chi connectivity index (χ2n) is 6.24. The van der Waals surface area contributed by atoms with E-state index in [2.05, 4.69) is 9.97 Å². The Balaban J connectivity index is 1.73. The summed E-state index contributed by atoms with van der Waals surface area (Å²) >= 11 is 1.54. The van der Waals surface area contributed by atoms with Crippen molar-refractivity contribution < 1.29 is 13.6 Å². The first-order valence-electron chi connectivity index (χ1n) is 8.53. The largest absolute Gasteiger partial charge is 0.334 e. The van der Waals surface area contributed by atoms with Crippen molar-refractivity contribution in [2.24, 2.45) is 0 Å². The Kier molecular flexibility index (Phi) is 4.87. The average molecular weight is 398 g/mol. The molecule has 0 atom stereocenters. The number of thiophene rings is 1. The molecule has 4 rings (SSSR count). The van der Waals surface area contributed by atoms with E-state index < -0.39 is 6.55 Å². The molecule has 142 valence electrons. The Morgan fingerprint density at radius 2 is 2.07 bits per heavy atom. The number of halogens is 2. The highest BCUT2D eigenvalue weighted by Gasteiger charge is 2.20. The molecular formula is C20H16F2N4OS. The fourth-order valence-electron chi connectivity index (χ4n) is 3.04. The lowest BCUT2D eigenvalue weighted by Gasteiger charge is -2.19. The molecule has 28 heavy (non-hydrogen) atoms. The van der Waals surface area contributed by atoms with E-state index >= 15 is 0 Å². The highest BCUT2D eigenvalue weighted by molar-refractivity contribution is 7.13. The minimum Gasteiger partial charge on any atom is -0.334 e. The van der Waals surface area contributed by atoms with Gasteiger partial charge in [0.25, 0.3) is 5.91 Å². The van der Waals surface area contributed by atoms with Gasteiger partial charge in [-0.1, -0.05) is 24.3 Å². The lowest BCUT2D eigenvalue weighted by molar-refractivity contribution is 0.0613. The summed E-state index contributed by atoms with van der Waals surface area (Å²) in [6.45, 7) is -2.73. The number of nitrogens with zero attached hydrogens (tertiary/aromatic N) is 4. The van der Waals surface area contributed by atoms with Gasteiger partial charge in [-0.2, -0.15) is 8.78 Å². The quantitative estimate of drug-likeness (QED) is 0.484. The number of pyridine rings is 1. The van der Waals surface area contributed by atoms with Crippen LogP contribution in [0.3, 0.4) is 0 Å². The summed E-state index contributed by atoms with van der Waals surface area (Å²) in [5.41, 5.74) is 1.89. The van der Waals surface area contributed by atoms with Crippen molar-refractivity contribution >= 4 is 28.1 Å². The monoisotopic (exact) mass is 398 g/mol. The Hall–Kier alpha value is -3.13. The summed E-state index contributed by atoms with van der Waals surface area (Å²) in [6.07, 6.45) is 2.51. The lowest BCUT2D eigenvalue weighted by Crippen LogP contribution is -2.28. The maximum absolute atomic E-state index is 13.2. The van der Waals surface area contributed by atoms with Crippen LogP contribution in [-0.4, -0.2) is 32.4 Å². The third-order valence-corrected chi connectivity index (χ3v) is 5.30. The Morgan fingerprint density at radius 1 is 1.25 bits per heavy atom. The molecule has 4 aromatic rings. The number of fused-ring (bicyclic) bond motifs is 1. The lowest BCUT2D eigenvalue weighted by atomic mass is 10.1. The molecule has 0 bridgehead atoms. The van der Waals surface area contributed by atoms with E-state index in [1.165, 1.54) is 28.6 Å². The molecule has 3 aromatic heterocycles. The number of para-hydroxylation sites is 1. The number of carbonyl (C=O) groups excluding carboxylic acids is 1. The highest BCUT2D eigenvalue weighted by Crippen LogP contribution is 2.28. The van der Waals surface area contributed by atoms with Gasteiger partial charge >= 0.3 is 6.55 Å². The first-order valence-corrected chi connectivity index (χ1v) is 9.41. The first kappa shape index (κ1) is 18.2. The maximum Gasteiger partial charge on any atom is 0.319 e. The van der Waals surface area contributed by atoms with Gasteiger partial charge in [0.05, 0.1) is 28.2 Å². The summed E-state index contributed by atoms with van der Waals surface area (Å²) in [7, 11) is 1.58. The van der Waals surface area contributed by atoms with Crippen molar-refractivity contribution in [2.45, 2.75) is 13.1 Å². The van der Waals surface area contributed by atoms with Gasteiger partial charge in [0.2, 0.25) is 0 Å². The molecule has 5 nitrogen and oxygen atoms in total. The van der Waals surface area contributed by atoms with Crippen LogP contribution in [0.4, 0.5) is 8.78 Å². The molecule has 1 amide bonds. The van der Waals surface area contributed by atoms with E-state index in [0.717, 1.165) is 14.8 Å². The zero-order valence-corrected chi connectivity index (χ0v) is 15.7. The number of imidazole rings is 1. The maximum atomic E-state index is 13.2. The second-order valence-corrected chi connectivity index (χ2v) is 7.19. The van der Waals surface area contributed by atoms with Crippen LogP contribution in [0.2, 0.25) is 0 Å². The Morgan fingerprint density at radius 3 is 2.82 bits per heavy atom. The SMILES string of the molecule is CN(Cc1nccn1C(F)F)C(=O)c1cc(-c2cccs2)nc2ccccc12. The average Bonchev–Trinajstić information content (AvgIpc) is 3.38. The molecule has 8 heteroatoms. The number of rotatable bonds is 5. The van der Waals surface area contributed by atoms with Gasteiger partial charge in [0, 0.05) is 24.8 Å². The van der Waals surface area contributed by atoms with Crippen molar-refractivity contribution in [3.05, 3.63) is 71.6 Å². The third-order valence-electron chi connectivity index (χ3n) is 4.40. The van der Waals surface area contributed by atoms with E-state index in [4.69, 9.17) is 0 Å². The van der Waals surface area contributed by atoms with Gasteiger partial charge < -0.3 is 4.90 Å². The molecular weight excluding hydrogens is 382 g/mol. The molecule has 0 radical (unpaired) electrons. The van der Waals surface area contributed by atoms with Crippen molar-refractivity contribution in [2.75, 3.05) is 7.05 Å². The van der Waals surface area contributed by atoms with Crippen molar-refractivity contribution in [3.8, 4) is 10.6 Å². The molecule has 1 aromatic carbocycles. The van der Waals surface area contributed by atoms with Gasteiger partial charge in [-0.15, -0.1) is 11.3 Å². The highest BCUT2D eigenvalue weighted by atomic mass is 32.1. The molecule has 0 fully saturated rings. The van der Waals surface area contributed by atoms with Crippen LogP contribution in [-0.2, 0) is 6.54 Å². The summed E-state index contributed by atoms with van der Waals surface area (Å²) in [5.74, 6) is -0.150. The number of hydrogen-bond donors (Lipinski definition) is 0. The minimum atomic E-state index is -2.70. The van der Waals surface area contributed by atoms with Gasteiger partial charge in [-0.3, -0.25) is 9.36 Å². The number of alkyl halides is 2. The van der Waals surface area contributed by atoms with Gasteiger partial charge in [-0.25, -0.2) is 9.97 Å². The van der Waals surface area contributed by atoms with E-state index in [1.54, 1.807) is 13.1 Å². The minimum absolute atomic E-state index is 0.0266. The Labute approximate surface area is 163 Å². The molecule has 0 saturated carbocycles. The van der Waals surface area contributed by atoms with Crippen LogP contribution >= 0.6 is 11.3 Å². The van der Waals surface area contributed by atoms with Crippen LogP contribution in [0.1, 0.15) is 22.7 Å². The van der Waals surface area contributed by atoms with E-state index in [-0.39, 0.29) is 18.3 Å². The predicted molar refractivity (Wildman–Crippen MR) is 104 cm³/mol. The third kappa shape index (κ3) is 3.38. The number of carbonyl (C=O) groups is 1. The second kappa shape index (κ2) is 7.47. The molecule has 0 aliphatic rings. The van der Waals surface area contributed by atoms with Crippen LogP contribution in [0.15, 0.2) is 60.2 Å². The smallest absolute Gasteiger partial charge is 0.319 e. The van der Waals surface area contributed by atoms with E-state index in [0.29, 0.717) is 16.8 Å². The van der Waals surface area contributed by atoms with Crippen molar-refractivity contribution in [3.63, 3.8) is 0 Å². The van der Waals surface area contributed by atoms with Crippen LogP contribution < -0.4 is 0 Å². The predicted octanol–water partition coefficient (Wildman–Crippen LogP) is 4.83. The first-order chi connectivity index (χ1) is 13.5. The van der Waals surface area contributed by atoms with Gasteiger partial charge in [0.1, 0.15) is 5.82 Å². The molecule has 0 spiro atoms. The fourth-order valence-corrected chi connectivity index (χ4v) is 3.72. The normalized spacial score (nSPS) is 11.3. The van der Waals surface area contributed by atoms with Crippen LogP contribution in [0, 0.1) is 0 Å². The summed E-state index contributed by atoms with van der Waals surface area (Å²) < 4.78 is 26.9. The fraction of sp³-hybridized carbons (Fsp3) is 0.150. The molecule has 0 N–H and O–H groups in total. The van der Waals surface area contributed by atoms with Crippen molar-refractivity contribution in [1.82, 2.24) is 19.4 Å². The number of hydrogen-bond acceptors (Lipinski definition) is 4. The molecule has 3 heterocycles. The standard InChI is InChI=1S/C20H16F2N4OS/c1-25(12-18-23-8-9-26(18)20(21)22)19(27)14-11-16(17-7-4-10-28-17)24-15-6-3-2-5-13(14)15/h2-11,20H,12H2,1H3. The molecule has 0 unspecified atom stereocenters. The number of aromatic nitrogens is 3.